The smallest absolute Gasteiger partial charge is 0.315 e. The maximum Gasteiger partial charge on any atom is 0.315 e. The summed E-state index contributed by atoms with van der Waals surface area (Å²) in [4.78, 5) is 23.2. The van der Waals surface area contributed by atoms with Crippen molar-refractivity contribution in [2.75, 3.05) is 13.7 Å². The maximum absolute atomic E-state index is 12.1. The molecule has 2 rings (SSSR count). The summed E-state index contributed by atoms with van der Waals surface area (Å²) in [7, 11) is 1.44. The van der Waals surface area contributed by atoms with Gasteiger partial charge in [-0.15, -0.1) is 0 Å². The molecule has 1 fully saturated rings. The lowest BCUT2D eigenvalue weighted by atomic mass is 9.74. The predicted molar refractivity (Wildman–Crippen MR) is 98.2 cm³/mol. The van der Waals surface area contributed by atoms with Gasteiger partial charge >= 0.3 is 11.7 Å². The number of benzene rings is 1. The number of rotatable bonds is 7. The number of methoxy groups -OCH3 is 1. The van der Waals surface area contributed by atoms with E-state index in [0.29, 0.717) is 18.7 Å². The number of aryl methyl sites for hydroxylation is 1. The van der Waals surface area contributed by atoms with Crippen LogP contribution >= 0.6 is 0 Å². The van der Waals surface area contributed by atoms with E-state index >= 15 is 0 Å². The second-order valence-electron chi connectivity index (χ2n) is 7.11. The molecule has 0 spiro atoms. The minimum atomic E-state index is -0.425. The summed E-state index contributed by atoms with van der Waals surface area (Å²) in [6, 6.07) is 3.69. The van der Waals surface area contributed by atoms with Crippen LogP contribution in [0.2, 0.25) is 0 Å². The minimum absolute atomic E-state index is 0.0205. The van der Waals surface area contributed by atoms with Crippen molar-refractivity contribution in [3.8, 4) is 5.75 Å². The molecule has 1 N–H and O–H groups in total. The summed E-state index contributed by atoms with van der Waals surface area (Å²) in [5.41, 5.74) is 1.10. The number of hydrogen-bond donors (Lipinski definition) is 1. The van der Waals surface area contributed by atoms with Gasteiger partial charge in [0.05, 0.1) is 29.6 Å². The Morgan fingerprint density at radius 1 is 1.38 bits per heavy atom. The zero-order chi connectivity index (χ0) is 19.3. The number of hydrogen-bond acceptors (Lipinski definition) is 6. The number of ether oxygens (including phenoxy) is 2. The van der Waals surface area contributed by atoms with Gasteiger partial charge in [-0.25, -0.2) is 0 Å². The highest BCUT2D eigenvalue weighted by Crippen LogP contribution is 2.38. The monoisotopic (exact) mass is 364 g/mol. The van der Waals surface area contributed by atoms with Gasteiger partial charge in [0.2, 0.25) is 0 Å². The van der Waals surface area contributed by atoms with Crippen molar-refractivity contribution >= 4 is 11.7 Å². The van der Waals surface area contributed by atoms with Crippen LogP contribution in [0, 0.1) is 22.5 Å². The number of nitro benzene ring substituents is 1. The molecule has 7 nitrogen and oxygen atoms in total. The van der Waals surface area contributed by atoms with Gasteiger partial charge in [-0.2, -0.15) is 0 Å². The molecular weight excluding hydrogens is 336 g/mol. The van der Waals surface area contributed by atoms with Gasteiger partial charge in [-0.1, -0.05) is 6.07 Å². The van der Waals surface area contributed by atoms with E-state index in [0.717, 1.165) is 31.2 Å². The lowest BCUT2D eigenvalue weighted by Crippen LogP contribution is -2.40. The molecule has 0 bridgehead atoms. The molecule has 0 radical (unpaired) electrons. The number of esters is 1. The lowest BCUT2D eigenvalue weighted by molar-refractivity contribution is -0.386. The summed E-state index contributed by atoms with van der Waals surface area (Å²) in [6.45, 7) is 6.44. The molecule has 0 aromatic heterocycles. The number of nitrogens with one attached hydrogen (secondary N) is 1. The van der Waals surface area contributed by atoms with Crippen molar-refractivity contribution in [1.82, 2.24) is 5.32 Å². The molecule has 0 amide bonds. The Morgan fingerprint density at radius 3 is 2.58 bits per heavy atom. The van der Waals surface area contributed by atoms with Crippen molar-refractivity contribution in [3.05, 3.63) is 33.4 Å². The van der Waals surface area contributed by atoms with E-state index in [1.165, 1.54) is 7.11 Å². The van der Waals surface area contributed by atoms with Crippen molar-refractivity contribution in [1.29, 1.82) is 0 Å². The first-order chi connectivity index (χ1) is 12.3. The molecule has 1 aliphatic rings. The van der Waals surface area contributed by atoms with E-state index in [4.69, 9.17) is 9.47 Å². The Kier molecular flexibility index (Phi) is 6.58. The second kappa shape index (κ2) is 8.49. The number of nitrogens with zero attached hydrogens (tertiary/aromatic N) is 1. The lowest BCUT2D eigenvalue weighted by Gasteiger charge is -2.35. The molecule has 26 heavy (non-hydrogen) atoms. The van der Waals surface area contributed by atoms with Gasteiger partial charge in [-0.3, -0.25) is 14.9 Å². The molecule has 144 valence electrons. The van der Waals surface area contributed by atoms with E-state index in [2.05, 4.69) is 5.32 Å². The zero-order valence-electron chi connectivity index (χ0n) is 16.0. The predicted octanol–water partition coefficient (Wildman–Crippen LogP) is 3.51. The third-order valence-corrected chi connectivity index (χ3v) is 5.31. The standard InChI is InChI=1S/C19H28N2O5/c1-5-26-18(22)19(3)10-8-14(9-11-19)20-12-15-13(2)6-7-16(25-4)17(15)21(23)24/h6-7,14,20H,5,8-12H2,1-4H3. The molecule has 7 heteroatoms. The highest BCUT2D eigenvalue weighted by molar-refractivity contribution is 5.76. The Bertz CT molecular complexity index is 666. The summed E-state index contributed by atoms with van der Waals surface area (Å²) < 4.78 is 10.3. The molecule has 1 saturated carbocycles. The fraction of sp³-hybridized carbons (Fsp3) is 0.632. The Balaban J connectivity index is 2.03. The van der Waals surface area contributed by atoms with Gasteiger partial charge in [0, 0.05) is 12.6 Å². The molecule has 0 saturated heterocycles. The van der Waals surface area contributed by atoms with Crippen LogP contribution in [0.25, 0.3) is 0 Å². The van der Waals surface area contributed by atoms with E-state index < -0.39 is 5.41 Å². The van der Waals surface area contributed by atoms with Crippen LogP contribution in [-0.2, 0) is 16.1 Å². The molecule has 1 aromatic rings. The van der Waals surface area contributed by atoms with E-state index in [-0.39, 0.29) is 28.4 Å². The fourth-order valence-electron chi connectivity index (χ4n) is 3.52. The average Bonchev–Trinajstić information content (AvgIpc) is 2.61. The SMILES string of the molecule is CCOC(=O)C1(C)CCC(NCc2c(C)ccc(OC)c2[N+](=O)[O-])CC1. The quantitative estimate of drug-likeness (QED) is 0.452. The van der Waals surface area contributed by atoms with Crippen LogP contribution < -0.4 is 10.1 Å². The molecule has 1 aliphatic carbocycles. The summed E-state index contributed by atoms with van der Waals surface area (Å²) >= 11 is 0. The topological polar surface area (TPSA) is 90.7 Å². The number of nitro groups is 1. The number of carbonyl (C=O) groups excluding carboxylic acids is 1. The normalized spacial score (nSPS) is 22.7. The van der Waals surface area contributed by atoms with Gasteiger partial charge < -0.3 is 14.8 Å². The fourth-order valence-corrected chi connectivity index (χ4v) is 3.52. The molecule has 0 heterocycles. The van der Waals surface area contributed by atoms with Crippen molar-refractivity contribution in [2.24, 2.45) is 5.41 Å². The first kappa shape index (κ1) is 20.2. The van der Waals surface area contributed by atoms with Crippen LogP contribution in [0.15, 0.2) is 12.1 Å². The van der Waals surface area contributed by atoms with Crippen LogP contribution in [-0.4, -0.2) is 30.7 Å². The van der Waals surface area contributed by atoms with Crippen molar-refractivity contribution in [2.45, 2.75) is 59.0 Å². The van der Waals surface area contributed by atoms with Gasteiger partial charge in [0.15, 0.2) is 5.75 Å². The van der Waals surface area contributed by atoms with Crippen LogP contribution in [0.3, 0.4) is 0 Å². The van der Waals surface area contributed by atoms with Crippen LogP contribution in [0.1, 0.15) is 50.7 Å². The molecule has 0 unspecified atom stereocenters. The minimum Gasteiger partial charge on any atom is -0.490 e. The maximum atomic E-state index is 12.1. The van der Waals surface area contributed by atoms with Crippen molar-refractivity contribution in [3.63, 3.8) is 0 Å². The highest BCUT2D eigenvalue weighted by Gasteiger charge is 2.38. The Morgan fingerprint density at radius 2 is 2.04 bits per heavy atom. The Hall–Kier alpha value is -2.15. The largest absolute Gasteiger partial charge is 0.490 e. The van der Waals surface area contributed by atoms with Crippen LogP contribution in [0.5, 0.6) is 5.75 Å². The van der Waals surface area contributed by atoms with Crippen molar-refractivity contribution < 1.29 is 19.2 Å². The first-order valence-corrected chi connectivity index (χ1v) is 9.04. The number of carbonyl (C=O) groups is 1. The molecular formula is C19H28N2O5. The third-order valence-electron chi connectivity index (χ3n) is 5.31. The van der Waals surface area contributed by atoms with E-state index in [9.17, 15) is 14.9 Å². The third kappa shape index (κ3) is 4.33. The summed E-state index contributed by atoms with van der Waals surface area (Å²) in [5.74, 6) is 0.147. The Labute approximate surface area is 154 Å². The van der Waals surface area contributed by atoms with Gasteiger partial charge in [0.1, 0.15) is 0 Å². The first-order valence-electron chi connectivity index (χ1n) is 9.04. The average molecular weight is 364 g/mol. The molecule has 0 aliphatic heterocycles. The van der Waals surface area contributed by atoms with E-state index in [1.54, 1.807) is 6.07 Å². The highest BCUT2D eigenvalue weighted by atomic mass is 16.6. The summed E-state index contributed by atoms with van der Waals surface area (Å²) in [5, 5.41) is 14.9. The second-order valence-corrected chi connectivity index (χ2v) is 7.11. The molecule has 1 aromatic carbocycles. The van der Waals surface area contributed by atoms with E-state index in [1.807, 2.05) is 26.8 Å². The van der Waals surface area contributed by atoms with Crippen LogP contribution in [0.4, 0.5) is 5.69 Å². The summed E-state index contributed by atoms with van der Waals surface area (Å²) in [6.07, 6.45) is 3.18. The van der Waals surface area contributed by atoms with Gasteiger partial charge in [-0.05, 0) is 58.1 Å². The van der Waals surface area contributed by atoms with Gasteiger partial charge in [0.25, 0.3) is 0 Å². The molecule has 0 atom stereocenters. The zero-order valence-corrected chi connectivity index (χ0v) is 16.0.